The molecular formula is C10H11N3. The van der Waals surface area contributed by atoms with E-state index in [0.717, 1.165) is 18.5 Å². The van der Waals surface area contributed by atoms with Crippen LogP contribution in [0.5, 0.6) is 0 Å². The Labute approximate surface area is 77.0 Å². The Hall–Kier alpha value is -1.47. The van der Waals surface area contributed by atoms with Gasteiger partial charge in [0.15, 0.2) is 0 Å². The van der Waals surface area contributed by atoms with Crippen molar-refractivity contribution in [3.8, 4) is 0 Å². The number of azide groups is 1. The van der Waals surface area contributed by atoms with Crippen molar-refractivity contribution in [1.82, 2.24) is 0 Å². The number of hydrogen-bond acceptors (Lipinski definition) is 1. The lowest BCUT2D eigenvalue weighted by Gasteiger charge is -2.16. The first-order valence-electron chi connectivity index (χ1n) is 4.57. The van der Waals surface area contributed by atoms with Gasteiger partial charge in [-0.3, -0.25) is 0 Å². The Balaban J connectivity index is 2.51. The molecule has 0 saturated carbocycles. The maximum Gasteiger partial charge on any atom is 0.0410 e. The lowest BCUT2D eigenvalue weighted by atomic mass is 9.91. The fraction of sp³-hybridized carbons (Fsp3) is 0.400. The molecule has 13 heavy (non-hydrogen) atoms. The summed E-state index contributed by atoms with van der Waals surface area (Å²) in [6.45, 7) is 0. The van der Waals surface area contributed by atoms with Crippen molar-refractivity contribution in [2.75, 3.05) is 0 Å². The quantitative estimate of drug-likeness (QED) is 0.354. The van der Waals surface area contributed by atoms with E-state index in [2.05, 4.69) is 16.1 Å². The molecule has 3 nitrogen and oxygen atoms in total. The molecule has 0 atom stereocenters. The number of benzene rings is 1. The summed E-state index contributed by atoms with van der Waals surface area (Å²) < 4.78 is 0. The van der Waals surface area contributed by atoms with Crippen LogP contribution in [0.25, 0.3) is 10.4 Å². The molecule has 0 spiro atoms. The van der Waals surface area contributed by atoms with Crippen LogP contribution in [0.1, 0.15) is 24.0 Å². The van der Waals surface area contributed by atoms with Gasteiger partial charge in [-0.25, -0.2) is 0 Å². The van der Waals surface area contributed by atoms with Crippen molar-refractivity contribution in [3.05, 3.63) is 39.8 Å². The molecule has 0 heterocycles. The lowest BCUT2D eigenvalue weighted by Crippen LogP contribution is -2.01. The summed E-state index contributed by atoms with van der Waals surface area (Å²) in [4.78, 5) is 2.84. The molecule has 3 heteroatoms. The van der Waals surface area contributed by atoms with Crippen LogP contribution in [-0.2, 0) is 12.8 Å². The number of rotatable bonds is 1. The second kappa shape index (κ2) is 3.50. The minimum atomic E-state index is 0.819. The Kier molecular flexibility index (Phi) is 2.19. The van der Waals surface area contributed by atoms with E-state index in [9.17, 15) is 0 Å². The predicted molar refractivity (Wildman–Crippen MR) is 51.9 cm³/mol. The van der Waals surface area contributed by atoms with Crippen LogP contribution in [0.2, 0.25) is 0 Å². The summed E-state index contributed by atoms with van der Waals surface area (Å²) in [7, 11) is 0. The van der Waals surface area contributed by atoms with Crippen LogP contribution < -0.4 is 0 Å². The summed E-state index contributed by atoms with van der Waals surface area (Å²) in [5.74, 6) is 0. The standard InChI is InChI=1S/C10H11N3/c11-13-12-10-7-3-5-8-4-1-2-6-9(8)10/h3,5,7H,1-2,4,6H2. The van der Waals surface area contributed by atoms with E-state index in [4.69, 9.17) is 5.53 Å². The van der Waals surface area contributed by atoms with Crippen LogP contribution in [0, 0.1) is 0 Å². The van der Waals surface area contributed by atoms with Gasteiger partial charge in [-0.05, 0) is 42.3 Å². The molecule has 66 valence electrons. The van der Waals surface area contributed by atoms with Crippen LogP contribution in [0.3, 0.4) is 0 Å². The van der Waals surface area contributed by atoms with Crippen molar-refractivity contribution in [3.63, 3.8) is 0 Å². The zero-order chi connectivity index (χ0) is 9.10. The van der Waals surface area contributed by atoms with E-state index < -0.39 is 0 Å². The molecule has 0 N–H and O–H groups in total. The SMILES string of the molecule is [N-]=[N+]=Nc1cccc2c1CCCC2. The average Bonchev–Trinajstić information content (AvgIpc) is 2.19. The molecule has 1 aromatic carbocycles. The summed E-state index contributed by atoms with van der Waals surface area (Å²) in [5.41, 5.74) is 11.8. The highest BCUT2D eigenvalue weighted by atomic mass is 15.1. The van der Waals surface area contributed by atoms with Gasteiger partial charge in [-0.15, -0.1) is 0 Å². The molecule has 1 aliphatic carbocycles. The number of hydrogen-bond donors (Lipinski definition) is 0. The Morgan fingerprint density at radius 1 is 1.23 bits per heavy atom. The van der Waals surface area contributed by atoms with Crippen molar-refractivity contribution in [2.24, 2.45) is 5.11 Å². The molecule has 0 amide bonds. The summed E-state index contributed by atoms with van der Waals surface area (Å²) >= 11 is 0. The molecule has 0 saturated heterocycles. The fourth-order valence-electron chi connectivity index (χ4n) is 1.90. The van der Waals surface area contributed by atoms with E-state index in [1.54, 1.807) is 0 Å². The van der Waals surface area contributed by atoms with E-state index in [1.165, 1.54) is 24.0 Å². The number of aryl methyl sites for hydroxylation is 1. The van der Waals surface area contributed by atoms with Crippen molar-refractivity contribution in [1.29, 1.82) is 0 Å². The highest BCUT2D eigenvalue weighted by Crippen LogP contribution is 2.29. The maximum absolute atomic E-state index is 8.38. The zero-order valence-corrected chi connectivity index (χ0v) is 7.40. The zero-order valence-electron chi connectivity index (χ0n) is 7.40. The maximum atomic E-state index is 8.38. The van der Waals surface area contributed by atoms with Gasteiger partial charge in [0.05, 0.1) is 0 Å². The van der Waals surface area contributed by atoms with Gasteiger partial charge < -0.3 is 0 Å². The topological polar surface area (TPSA) is 48.8 Å². The van der Waals surface area contributed by atoms with Gasteiger partial charge in [0.25, 0.3) is 0 Å². The third-order valence-corrected chi connectivity index (χ3v) is 2.52. The minimum Gasteiger partial charge on any atom is -0.0615 e. The first-order chi connectivity index (χ1) is 6.42. The molecule has 1 aromatic rings. The van der Waals surface area contributed by atoms with Gasteiger partial charge in [-0.2, -0.15) is 0 Å². The predicted octanol–water partition coefficient (Wildman–Crippen LogP) is 3.51. The first-order valence-corrected chi connectivity index (χ1v) is 4.57. The monoisotopic (exact) mass is 173 g/mol. The van der Waals surface area contributed by atoms with Crippen LogP contribution >= 0.6 is 0 Å². The normalized spacial score (nSPS) is 14.5. The van der Waals surface area contributed by atoms with Crippen molar-refractivity contribution in [2.45, 2.75) is 25.7 Å². The molecular weight excluding hydrogens is 162 g/mol. The molecule has 0 aromatic heterocycles. The van der Waals surface area contributed by atoms with Gasteiger partial charge >= 0.3 is 0 Å². The number of fused-ring (bicyclic) bond motifs is 1. The van der Waals surface area contributed by atoms with Crippen LogP contribution in [0.4, 0.5) is 5.69 Å². The Morgan fingerprint density at radius 3 is 2.92 bits per heavy atom. The molecule has 2 rings (SSSR count). The van der Waals surface area contributed by atoms with Gasteiger partial charge in [0.2, 0.25) is 0 Å². The second-order valence-corrected chi connectivity index (χ2v) is 3.31. The van der Waals surface area contributed by atoms with E-state index >= 15 is 0 Å². The third-order valence-electron chi connectivity index (χ3n) is 2.52. The van der Waals surface area contributed by atoms with Crippen molar-refractivity contribution < 1.29 is 0 Å². The van der Waals surface area contributed by atoms with E-state index in [1.807, 2.05) is 12.1 Å². The smallest absolute Gasteiger partial charge is 0.0410 e. The highest BCUT2D eigenvalue weighted by molar-refractivity contribution is 5.51. The van der Waals surface area contributed by atoms with Crippen molar-refractivity contribution >= 4 is 5.69 Å². The second-order valence-electron chi connectivity index (χ2n) is 3.31. The first kappa shape index (κ1) is 8.14. The van der Waals surface area contributed by atoms with Gasteiger partial charge in [-0.1, -0.05) is 23.3 Å². The largest absolute Gasteiger partial charge is 0.0615 e. The fourth-order valence-corrected chi connectivity index (χ4v) is 1.90. The third kappa shape index (κ3) is 1.51. The van der Waals surface area contributed by atoms with E-state index in [-0.39, 0.29) is 0 Å². The molecule has 0 unspecified atom stereocenters. The van der Waals surface area contributed by atoms with E-state index in [0.29, 0.717) is 0 Å². The number of nitrogens with zero attached hydrogens (tertiary/aromatic N) is 3. The molecule has 1 aliphatic rings. The summed E-state index contributed by atoms with van der Waals surface area (Å²) in [6.07, 6.45) is 4.66. The molecule has 0 bridgehead atoms. The van der Waals surface area contributed by atoms with Crippen LogP contribution in [0.15, 0.2) is 23.3 Å². The summed E-state index contributed by atoms with van der Waals surface area (Å²) in [5, 5.41) is 3.70. The Bertz CT molecular complexity index is 364. The lowest BCUT2D eigenvalue weighted by molar-refractivity contribution is 0.686. The Morgan fingerprint density at radius 2 is 2.08 bits per heavy atom. The van der Waals surface area contributed by atoms with Crippen LogP contribution in [-0.4, -0.2) is 0 Å². The molecule has 0 radical (unpaired) electrons. The van der Waals surface area contributed by atoms with Gasteiger partial charge in [0, 0.05) is 10.6 Å². The highest BCUT2D eigenvalue weighted by Gasteiger charge is 2.11. The summed E-state index contributed by atoms with van der Waals surface area (Å²) in [6, 6.07) is 5.99. The van der Waals surface area contributed by atoms with Gasteiger partial charge in [0.1, 0.15) is 0 Å². The molecule has 0 aliphatic heterocycles. The molecule has 0 fully saturated rings. The average molecular weight is 173 g/mol. The minimum absolute atomic E-state index is 0.819.